The first-order chi connectivity index (χ1) is 7.75. The number of fused-ring (bicyclic) bond motifs is 3. The summed E-state index contributed by atoms with van der Waals surface area (Å²) in [6.45, 7) is 0. The van der Waals surface area contributed by atoms with E-state index in [2.05, 4.69) is 9.98 Å². The summed E-state index contributed by atoms with van der Waals surface area (Å²) in [6.07, 6.45) is 9.46. The van der Waals surface area contributed by atoms with Gasteiger partial charge in [0.1, 0.15) is 0 Å². The van der Waals surface area contributed by atoms with Gasteiger partial charge in [0.25, 0.3) is 0 Å². The number of amides is 1. The van der Waals surface area contributed by atoms with Crippen LogP contribution in [0.1, 0.15) is 11.1 Å². The minimum atomic E-state index is -0.376. The number of carbonyl (C=O) groups is 1. The third-order valence-electron chi connectivity index (χ3n) is 2.83. The highest BCUT2D eigenvalue weighted by molar-refractivity contribution is 5.95. The Kier molecular flexibility index (Phi) is 1.77. The zero-order chi connectivity index (χ0) is 11.1. The fraction of sp³-hybridized carbons (Fsp3) is 0.0833. The average molecular weight is 211 g/mol. The lowest BCUT2D eigenvalue weighted by molar-refractivity contribution is -0.114. The molecule has 0 fully saturated rings. The zero-order valence-electron chi connectivity index (χ0n) is 8.47. The lowest BCUT2D eigenvalue weighted by Crippen LogP contribution is -2.28. The molecule has 2 heterocycles. The fourth-order valence-corrected chi connectivity index (χ4v) is 1.97. The van der Waals surface area contributed by atoms with Gasteiger partial charge in [0.15, 0.2) is 0 Å². The van der Waals surface area contributed by atoms with Gasteiger partial charge in [-0.3, -0.25) is 14.8 Å². The summed E-state index contributed by atoms with van der Waals surface area (Å²) in [7, 11) is 0. The summed E-state index contributed by atoms with van der Waals surface area (Å²) in [5.74, 6) is -0.376. The Balaban J connectivity index is 2.25. The molecule has 1 aromatic rings. The molecule has 2 aliphatic rings. The average Bonchev–Trinajstić information content (AvgIpc) is 2.76. The van der Waals surface area contributed by atoms with Gasteiger partial charge in [0.05, 0.1) is 5.35 Å². The molecule has 1 amide bonds. The van der Waals surface area contributed by atoms with Crippen molar-refractivity contribution in [1.82, 2.24) is 4.98 Å². The standard InChI is InChI=1S/C12H9N3O/c13-12(16)7-1-2-11-9(3-7)10-6-14-4-8(10)5-15-11/h1-2,4-6H,3H2,(H2,13,16). The Morgan fingerprint density at radius 2 is 2.25 bits per heavy atom. The van der Waals surface area contributed by atoms with Crippen molar-refractivity contribution in [2.75, 3.05) is 0 Å². The molecule has 1 aliphatic carbocycles. The molecular formula is C12H9N3O. The summed E-state index contributed by atoms with van der Waals surface area (Å²) in [5.41, 5.74) is 7.98. The van der Waals surface area contributed by atoms with Crippen LogP contribution in [0.2, 0.25) is 0 Å². The van der Waals surface area contributed by atoms with Crippen LogP contribution in [0.5, 0.6) is 0 Å². The van der Waals surface area contributed by atoms with Crippen LogP contribution in [0, 0.1) is 0 Å². The molecule has 0 spiro atoms. The first kappa shape index (κ1) is 9.03. The molecule has 4 nitrogen and oxygen atoms in total. The molecule has 4 heteroatoms. The van der Waals surface area contributed by atoms with E-state index in [-0.39, 0.29) is 5.91 Å². The number of nitrogens with two attached hydrogens (primary N) is 1. The fourth-order valence-electron chi connectivity index (χ4n) is 1.97. The molecule has 3 rings (SSSR count). The Labute approximate surface area is 91.5 Å². The predicted octanol–water partition coefficient (Wildman–Crippen LogP) is -1.000. The molecule has 0 saturated heterocycles. The van der Waals surface area contributed by atoms with Crippen LogP contribution >= 0.6 is 0 Å². The van der Waals surface area contributed by atoms with Gasteiger partial charge in [-0.25, -0.2) is 0 Å². The Bertz CT molecular complexity index is 668. The number of carbonyl (C=O) groups excluding carboxylic acids is 1. The Hall–Kier alpha value is -2.23. The quantitative estimate of drug-likeness (QED) is 0.647. The topological polar surface area (TPSA) is 68.3 Å². The molecule has 0 radical (unpaired) electrons. The van der Waals surface area contributed by atoms with Crippen LogP contribution in [0.15, 0.2) is 22.8 Å². The molecular weight excluding hydrogens is 202 g/mol. The second kappa shape index (κ2) is 3.13. The normalized spacial score (nSPS) is 15.6. The molecule has 78 valence electrons. The number of aliphatic imine (C=N–C) groups is 1. The summed E-state index contributed by atoms with van der Waals surface area (Å²) >= 11 is 0. The number of aromatic nitrogens is 1. The number of hydrogen-bond acceptors (Lipinski definition) is 3. The summed E-state index contributed by atoms with van der Waals surface area (Å²) in [5, 5.41) is 1.89. The van der Waals surface area contributed by atoms with Crippen molar-refractivity contribution < 1.29 is 4.79 Å². The number of rotatable bonds is 1. The predicted molar refractivity (Wildman–Crippen MR) is 61.0 cm³/mol. The maximum Gasteiger partial charge on any atom is 0.244 e. The Morgan fingerprint density at radius 3 is 3.06 bits per heavy atom. The minimum Gasteiger partial charge on any atom is -0.366 e. The monoisotopic (exact) mass is 211 g/mol. The van der Waals surface area contributed by atoms with Crippen molar-refractivity contribution in [3.8, 4) is 0 Å². The molecule has 16 heavy (non-hydrogen) atoms. The highest BCUT2D eigenvalue weighted by Crippen LogP contribution is 2.11. The van der Waals surface area contributed by atoms with Crippen molar-refractivity contribution in [1.29, 1.82) is 0 Å². The van der Waals surface area contributed by atoms with Gasteiger partial charge >= 0.3 is 0 Å². The maximum atomic E-state index is 11.1. The molecule has 0 aromatic carbocycles. The van der Waals surface area contributed by atoms with E-state index in [1.54, 1.807) is 24.7 Å². The van der Waals surface area contributed by atoms with E-state index in [1.807, 2.05) is 6.08 Å². The SMILES string of the molecule is NC(=O)C1=CC=c2ncc3c(c2C1)C=NC=3. The lowest BCUT2D eigenvalue weighted by atomic mass is 9.96. The number of pyridine rings is 1. The third-order valence-corrected chi connectivity index (χ3v) is 2.83. The zero-order valence-corrected chi connectivity index (χ0v) is 8.47. The largest absolute Gasteiger partial charge is 0.366 e. The number of nitrogens with zero attached hydrogens (tertiary/aromatic N) is 2. The molecule has 0 bridgehead atoms. The van der Waals surface area contributed by atoms with Crippen molar-refractivity contribution in [3.63, 3.8) is 0 Å². The molecule has 1 aliphatic heterocycles. The lowest BCUT2D eigenvalue weighted by Gasteiger charge is -2.10. The van der Waals surface area contributed by atoms with Crippen molar-refractivity contribution >= 4 is 24.4 Å². The van der Waals surface area contributed by atoms with Crippen LogP contribution in [0.4, 0.5) is 0 Å². The number of hydrogen-bond donors (Lipinski definition) is 1. The van der Waals surface area contributed by atoms with Crippen LogP contribution in [0.3, 0.4) is 0 Å². The number of primary amides is 1. The van der Waals surface area contributed by atoms with Crippen LogP contribution in [0.25, 0.3) is 12.3 Å². The van der Waals surface area contributed by atoms with E-state index in [9.17, 15) is 4.79 Å². The van der Waals surface area contributed by atoms with Crippen LogP contribution in [-0.4, -0.2) is 17.1 Å². The Morgan fingerprint density at radius 1 is 1.38 bits per heavy atom. The third kappa shape index (κ3) is 1.20. The molecule has 0 atom stereocenters. The van der Waals surface area contributed by atoms with Gasteiger partial charge < -0.3 is 5.73 Å². The van der Waals surface area contributed by atoms with E-state index < -0.39 is 0 Å². The van der Waals surface area contributed by atoms with Gasteiger partial charge in [0, 0.05) is 41.4 Å². The maximum absolute atomic E-state index is 11.1. The van der Waals surface area contributed by atoms with Gasteiger partial charge in [0.2, 0.25) is 5.91 Å². The molecule has 2 N–H and O–H groups in total. The summed E-state index contributed by atoms with van der Waals surface area (Å²) in [6, 6.07) is 0. The van der Waals surface area contributed by atoms with Crippen LogP contribution < -0.4 is 16.3 Å². The second-order valence-electron chi connectivity index (χ2n) is 3.80. The minimum absolute atomic E-state index is 0.376. The van der Waals surface area contributed by atoms with Gasteiger partial charge in [-0.15, -0.1) is 0 Å². The first-order valence-electron chi connectivity index (χ1n) is 4.97. The van der Waals surface area contributed by atoms with Gasteiger partial charge in [-0.1, -0.05) is 6.08 Å². The first-order valence-corrected chi connectivity index (χ1v) is 4.97. The van der Waals surface area contributed by atoms with Crippen molar-refractivity contribution in [2.24, 2.45) is 10.7 Å². The van der Waals surface area contributed by atoms with Gasteiger partial charge in [-0.2, -0.15) is 0 Å². The highest BCUT2D eigenvalue weighted by atomic mass is 16.1. The van der Waals surface area contributed by atoms with Crippen LogP contribution in [-0.2, 0) is 11.2 Å². The number of allylic oxidation sites excluding steroid dienone is 1. The van der Waals surface area contributed by atoms with Crippen molar-refractivity contribution in [3.05, 3.63) is 39.5 Å². The van der Waals surface area contributed by atoms with E-state index in [0.29, 0.717) is 12.0 Å². The second-order valence-corrected chi connectivity index (χ2v) is 3.80. The highest BCUT2D eigenvalue weighted by Gasteiger charge is 2.15. The van der Waals surface area contributed by atoms with E-state index in [4.69, 9.17) is 5.73 Å². The molecule has 1 aromatic heterocycles. The molecule has 0 saturated carbocycles. The summed E-state index contributed by atoms with van der Waals surface area (Å²) in [4.78, 5) is 19.5. The van der Waals surface area contributed by atoms with Gasteiger partial charge in [-0.05, 0) is 11.6 Å². The smallest absolute Gasteiger partial charge is 0.244 e. The van der Waals surface area contributed by atoms with E-state index in [1.165, 1.54) is 0 Å². The summed E-state index contributed by atoms with van der Waals surface area (Å²) < 4.78 is 0. The van der Waals surface area contributed by atoms with Crippen molar-refractivity contribution in [2.45, 2.75) is 6.42 Å². The van der Waals surface area contributed by atoms with E-state index in [0.717, 1.165) is 21.7 Å². The molecule has 0 unspecified atom stereocenters. The van der Waals surface area contributed by atoms with E-state index >= 15 is 0 Å².